The van der Waals surface area contributed by atoms with E-state index in [9.17, 15) is 0 Å². The highest BCUT2D eigenvalue weighted by Crippen LogP contribution is 2.31. The average molecular weight is 338 g/mol. The van der Waals surface area contributed by atoms with E-state index in [1.54, 1.807) is 7.11 Å². The zero-order chi connectivity index (χ0) is 17.6. The van der Waals surface area contributed by atoms with E-state index in [0.29, 0.717) is 6.04 Å². The number of rotatable bonds is 6. The SMILES string of the molecule is COc1ccccc1-c1ccc(C(C)N(C)CC2CCCNC2)cc1. The fraction of sp³-hybridized carbons (Fsp3) is 0.455. The maximum atomic E-state index is 5.49. The molecule has 0 saturated carbocycles. The quantitative estimate of drug-likeness (QED) is 0.847. The minimum Gasteiger partial charge on any atom is -0.496 e. The second kappa shape index (κ2) is 8.50. The molecular formula is C22H30N2O. The van der Waals surface area contributed by atoms with Crippen molar-refractivity contribution in [2.75, 3.05) is 33.8 Å². The topological polar surface area (TPSA) is 24.5 Å². The highest BCUT2D eigenvalue weighted by Gasteiger charge is 2.19. The molecule has 1 aliphatic heterocycles. The zero-order valence-electron chi connectivity index (χ0n) is 15.7. The molecule has 2 atom stereocenters. The lowest BCUT2D eigenvalue weighted by atomic mass is 9.97. The van der Waals surface area contributed by atoms with E-state index in [1.807, 2.05) is 12.1 Å². The number of nitrogens with zero attached hydrogens (tertiary/aromatic N) is 1. The summed E-state index contributed by atoms with van der Waals surface area (Å²) in [5.74, 6) is 1.69. The standard InChI is InChI=1S/C22H30N2O/c1-17(24(2)16-18-7-6-14-23-15-18)19-10-12-20(13-11-19)21-8-4-5-9-22(21)25-3/h4-5,8-13,17-18,23H,6-7,14-16H2,1-3H3. The Morgan fingerprint density at radius 3 is 2.60 bits per heavy atom. The van der Waals surface area contributed by atoms with Crippen molar-refractivity contribution in [1.82, 2.24) is 10.2 Å². The van der Waals surface area contributed by atoms with Crippen molar-refractivity contribution in [2.45, 2.75) is 25.8 Å². The fourth-order valence-corrected chi connectivity index (χ4v) is 3.72. The van der Waals surface area contributed by atoms with E-state index in [-0.39, 0.29) is 0 Å². The zero-order valence-corrected chi connectivity index (χ0v) is 15.7. The molecule has 3 heteroatoms. The molecule has 1 N–H and O–H groups in total. The molecule has 1 saturated heterocycles. The molecule has 1 fully saturated rings. The lowest BCUT2D eigenvalue weighted by Crippen LogP contribution is -2.37. The third-order valence-electron chi connectivity index (χ3n) is 5.42. The molecule has 0 aliphatic carbocycles. The molecule has 2 aromatic carbocycles. The van der Waals surface area contributed by atoms with Crippen LogP contribution in [0.3, 0.4) is 0 Å². The van der Waals surface area contributed by atoms with Crippen LogP contribution in [0.2, 0.25) is 0 Å². The number of benzene rings is 2. The van der Waals surface area contributed by atoms with Gasteiger partial charge in [0, 0.05) is 18.2 Å². The molecule has 1 heterocycles. The molecule has 2 aromatic rings. The molecule has 3 rings (SSSR count). The van der Waals surface area contributed by atoms with Gasteiger partial charge in [-0.3, -0.25) is 4.90 Å². The van der Waals surface area contributed by atoms with Crippen molar-refractivity contribution in [2.24, 2.45) is 5.92 Å². The van der Waals surface area contributed by atoms with Crippen LogP contribution in [0.4, 0.5) is 0 Å². The summed E-state index contributed by atoms with van der Waals surface area (Å²) in [6.07, 6.45) is 2.65. The van der Waals surface area contributed by atoms with Crippen LogP contribution >= 0.6 is 0 Å². The second-order valence-electron chi connectivity index (χ2n) is 7.15. The van der Waals surface area contributed by atoms with Crippen LogP contribution in [0.5, 0.6) is 5.75 Å². The van der Waals surface area contributed by atoms with Gasteiger partial charge in [0.25, 0.3) is 0 Å². The molecule has 0 spiro atoms. The molecule has 1 aliphatic rings. The Bertz CT molecular complexity index is 662. The molecule has 0 radical (unpaired) electrons. The summed E-state index contributed by atoms with van der Waals surface area (Å²) in [6, 6.07) is 17.5. The number of nitrogens with one attached hydrogen (secondary N) is 1. The predicted octanol–water partition coefficient (Wildman–Crippen LogP) is 4.35. The average Bonchev–Trinajstić information content (AvgIpc) is 2.68. The first-order chi connectivity index (χ1) is 12.2. The van der Waals surface area contributed by atoms with Crippen LogP contribution in [-0.2, 0) is 0 Å². The molecule has 0 amide bonds. The maximum absolute atomic E-state index is 5.49. The Balaban J connectivity index is 1.68. The predicted molar refractivity (Wildman–Crippen MR) is 105 cm³/mol. The molecule has 25 heavy (non-hydrogen) atoms. The van der Waals surface area contributed by atoms with Crippen LogP contribution in [0.1, 0.15) is 31.4 Å². The van der Waals surface area contributed by atoms with Crippen molar-refractivity contribution in [3.63, 3.8) is 0 Å². The molecule has 0 bridgehead atoms. The van der Waals surface area contributed by atoms with Crippen molar-refractivity contribution < 1.29 is 4.74 Å². The maximum Gasteiger partial charge on any atom is 0.126 e. The van der Waals surface area contributed by atoms with Crippen LogP contribution in [0.25, 0.3) is 11.1 Å². The van der Waals surface area contributed by atoms with Gasteiger partial charge in [-0.1, -0.05) is 42.5 Å². The van der Waals surface area contributed by atoms with E-state index < -0.39 is 0 Å². The van der Waals surface area contributed by atoms with Gasteiger partial charge >= 0.3 is 0 Å². The third kappa shape index (κ3) is 4.42. The Kier molecular flexibility index (Phi) is 6.11. The molecule has 134 valence electrons. The first-order valence-corrected chi connectivity index (χ1v) is 9.33. The number of methoxy groups -OCH3 is 1. The van der Waals surface area contributed by atoms with E-state index in [2.05, 4.69) is 60.6 Å². The minimum absolute atomic E-state index is 0.425. The Hall–Kier alpha value is -1.84. The van der Waals surface area contributed by atoms with Gasteiger partial charge in [-0.2, -0.15) is 0 Å². The van der Waals surface area contributed by atoms with Gasteiger partial charge in [0.2, 0.25) is 0 Å². The van der Waals surface area contributed by atoms with E-state index in [0.717, 1.165) is 30.3 Å². The van der Waals surface area contributed by atoms with Gasteiger partial charge in [0.15, 0.2) is 0 Å². The van der Waals surface area contributed by atoms with Crippen LogP contribution in [0, 0.1) is 5.92 Å². The van der Waals surface area contributed by atoms with Gasteiger partial charge in [-0.05, 0) is 63.0 Å². The van der Waals surface area contributed by atoms with E-state index >= 15 is 0 Å². The first-order valence-electron chi connectivity index (χ1n) is 9.33. The van der Waals surface area contributed by atoms with Crippen molar-refractivity contribution in [3.8, 4) is 16.9 Å². The lowest BCUT2D eigenvalue weighted by Gasteiger charge is -2.31. The van der Waals surface area contributed by atoms with Crippen LogP contribution in [-0.4, -0.2) is 38.7 Å². The monoisotopic (exact) mass is 338 g/mol. The van der Waals surface area contributed by atoms with Gasteiger partial charge < -0.3 is 10.1 Å². The molecule has 0 aromatic heterocycles. The van der Waals surface area contributed by atoms with E-state index in [4.69, 9.17) is 4.74 Å². The number of para-hydroxylation sites is 1. The highest BCUT2D eigenvalue weighted by atomic mass is 16.5. The van der Waals surface area contributed by atoms with Gasteiger partial charge in [-0.25, -0.2) is 0 Å². The lowest BCUT2D eigenvalue weighted by molar-refractivity contribution is 0.199. The summed E-state index contributed by atoms with van der Waals surface area (Å²) in [4.78, 5) is 2.48. The number of piperidine rings is 1. The van der Waals surface area contributed by atoms with Crippen molar-refractivity contribution in [3.05, 3.63) is 54.1 Å². The summed E-state index contributed by atoms with van der Waals surface area (Å²) < 4.78 is 5.49. The minimum atomic E-state index is 0.425. The second-order valence-corrected chi connectivity index (χ2v) is 7.15. The largest absolute Gasteiger partial charge is 0.496 e. The van der Waals surface area contributed by atoms with Crippen LogP contribution in [0.15, 0.2) is 48.5 Å². The summed E-state index contributed by atoms with van der Waals surface area (Å²) in [7, 11) is 3.97. The normalized spacial score (nSPS) is 19.0. The smallest absolute Gasteiger partial charge is 0.126 e. The number of ether oxygens (including phenoxy) is 1. The highest BCUT2D eigenvalue weighted by molar-refractivity contribution is 5.70. The van der Waals surface area contributed by atoms with Gasteiger partial charge in [-0.15, -0.1) is 0 Å². The Morgan fingerprint density at radius 2 is 1.92 bits per heavy atom. The summed E-state index contributed by atoms with van der Waals surface area (Å²) in [5.41, 5.74) is 3.71. The Labute approximate surface area is 152 Å². The Morgan fingerprint density at radius 1 is 1.16 bits per heavy atom. The first kappa shape index (κ1) is 18.0. The molecular weight excluding hydrogens is 308 g/mol. The van der Waals surface area contributed by atoms with Gasteiger partial charge in [0.1, 0.15) is 5.75 Å². The molecule has 3 nitrogen and oxygen atoms in total. The summed E-state index contributed by atoms with van der Waals surface area (Å²) in [5, 5.41) is 3.52. The van der Waals surface area contributed by atoms with Gasteiger partial charge in [0.05, 0.1) is 7.11 Å². The van der Waals surface area contributed by atoms with Crippen molar-refractivity contribution >= 4 is 0 Å². The van der Waals surface area contributed by atoms with E-state index in [1.165, 1.54) is 30.5 Å². The fourth-order valence-electron chi connectivity index (χ4n) is 3.72. The summed E-state index contributed by atoms with van der Waals surface area (Å²) >= 11 is 0. The number of hydrogen-bond donors (Lipinski definition) is 1. The van der Waals surface area contributed by atoms with Crippen LogP contribution < -0.4 is 10.1 Å². The third-order valence-corrected chi connectivity index (χ3v) is 5.42. The van der Waals surface area contributed by atoms with Crippen molar-refractivity contribution in [1.29, 1.82) is 0 Å². The summed E-state index contributed by atoms with van der Waals surface area (Å²) in [6.45, 7) is 5.79. The molecule has 2 unspecified atom stereocenters. The number of hydrogen-bond acceptors (Lipinski definition) is 3.